The third-order valence-corrected chi connectivity index (χ3v) is 10.3. The van der Waals surface area contributed by atoms with E-state index in [1.807, 2.05) is 63.6 Å². The van der Waals surface area contributed by atoms with Crippen molar-refractivity contribution in [1.82, 2.24) is 39.3 Å². The van der Waals surface area contributed by atoms with Gasteiger partial charge in [-0.2, -0.15) is 10.2 Å². The van der Waals surface area contributed by atoms with E-state index in [1.165, 1.54) is 4.57 Å². The molecule has 308 valence electrons. The minimum atomic E-state index is -0.725. The summed E-state index contributed by atoms with van der Waals surface area (Å²) in [4.78, 5) is 63.1. The van der Waals surface area contributed by atoms with Crippen LogP contribution in [0.2, 0.25) is 0 Å². The van der Waals surface area contributed by atoms with Crippen LogP contribution in [0, 0.1) is 0 Å². The van der Waals surface area contributed by atoms with Gasteiger partial charge in [0.05, 0.1) is 48.6 Å². The quantitative estimate of drug-likeness (QED) is 0.110. The van der Waals surface area contributed by atoms with Crippen LogP contribution in [0.4, 0.5) is 10.6 Å². The van der Waals surface area contributed by atoms with Gasteiger partial charge in [-0.3, -0.25) is 33.5 Å². The summed E-state index contributed by atoms with van der Waals surface area (Å²) in [7, 11) is 1.70. The number of hydrogen-bond donors (Lipinski definition) is 3. The Morgan fingerprint density at radius 2 is 1.79 bits per heavy atom. The predicted molar refractivity (Wildman–Crippen MR) is 211 cm³/mol. The molecule has 3 atom stereocenters. The average molecular weight is 790 g/mol. The predicted octanol–water partition coefficient (Wildman–Crippen LogP) is 4.15. The average Bonchev–Trinajstić information content (AvgIpc) is 3.94. The number of imide groups is 1. The van der Waals surface area contributed by atoms with Crippen LogP contribution >= 0.6 is 0 Å². The first kappa shape index (κ1) is 41.3. The fraction of sp³-hybridized carbons (Fsp3) is 0.575. The second-order valence-corrected chi connectivity index (χ2v) is 16.1. The maximum absolute atomic E-state index is 13.5. The molecular formula is C40H55N9O8. The molecule has 0 radical (unpaired) electrons. The van der Waals surface area contributed by atoms with Crippen LogP contribution in [0.1, 0.15) is 107 Å². The van der Waals surface area contributed by atoms with Crippen molar-refractivity contribution in [2.24, 2.45) is 7.05 Å². The zero-order valence-electron chi connectivity index (χ0n) is 33.7. The minimum Gasteiger partial charge on any atom is -0.446 e. The van der Waals surface area contributed by atoms with Gasteiger partial charge in [0.15, 0.2) is 0 Å². The highest BCUT2D eigenvalue weighted by atomic mass is 16.6. The Labute approximate surface area is 331 Å². The maximum atomic E-state index is 13.5. The molecule has 2 fully saturated rings. The van der Waals surface area contributed by atoms with Gasteiger partial charge < -0.3 is 24.8 Å². The summed E-state index contributed by atoms with van der Waals surface area (Å²) < 4.78 is 23.7. The van der Waals surface area contributed by atoms with Gasteiger partial charge in [-0.1, -0.05) is 12.1 Å². The van der Waals surface area contributed by atoms with Crippen molar-refractivity contribution in [2.75, 3.05) is 31.7 Å². The maximum Gasteiger partial charge on any atom is 0.407 e. The third kappa shape index (κ3) is 9.82. The van der Waals surface area contributed by atoms with Crippen LogP contribution in [0.15, 0.2) is 41.3 Å². The molecule has 17 heteroatoms. The standard InChI is InChI=1S/C40H55N9O8/c1-25(2)42-38(53)57-28-13-12-27(23-28)29-24-33(49(45-29)40(3,4)5)43-36(51)31-16-17-41-47(31)18-20-56-22-21-55-19-8-10-26-9-7-11-30-35(26)46(6)39(54)48(30)32-14-15-34(50)44-37(32)52/h7,9,11,16-17,24-25,27-28,32H,8,10,12-15,18-23H2,1-6H3,(H,42,53)(H,43,51)(H,44,50,52). The number of hydrogen-bond acceptors (Lipinski definition) is 10. The van der Waals surface area contributed by atoms with Crippen LogP contribution in [0.25, 0.3) is 11.0 Å². The Balaban J connectivity index is 0.944. The normalized spacial score (nSPS) is 18.7. The Morgan fingerprint density at radius 3 is 2.53 bits per heavy atom. The number of nitrogens with one attached hydrogen (secondary N) is 3. The molecule has 0 spiro atoms. The molecule has 2 aliphatic rings. The Kier molecular flexibility index (Phi) is 13.0. The van der Waals surface area contributed by atoms with Gasteiger partial charge in [0, 0.05) is 44.3 Å². The van der Waals surface area contributed by atoms with E-state index in [0.29, 0.717) is 69.3 Å². The first-order valence-corrected chi connectivity index (χ1v) is 19.8. The van der Waals surface area contributed by atoms with Crippen molar-refractivity contribution >= 4 is 40.7 Å². The number of nitrogens with zero attached hydrogens (tertiary/aromatic N) is 6. The molecule has 1 saturated heterocycles. The molecule has 0 bridgehead atoms. The van der Waals surface area contributed by atoms with Crippen LogP contribution in [-0.2, 0) is 49.4 Å². The molecule has 4 heterocycles. The number of benzene rings is 1. The number of fused-ring (bicyclic) bond motifs is 1. The molecule has 4 amide bonds. The minimum absolute atomic E-state index is 0.00156. The number of carbonyl (C=O) groups is 4. The molecule has 1 saturated carbocycles. The van der Waals surface area contributed by atoms with Crippen molar-refractivity contribution in [2.45, 2.75) is 116 Å². The van der Waals surface area contributed by atoms with Crippen LogP contribution < -0.4 is 21.6 Å². The fourth-order valence-electron chi connectivity index (χ4n) is 7.61. The van der Waals surface area contributed by atoms with E-state index < -0.39 is 23.6 Å². The zero-order chi connectivity index (χ0) is 40.9. The third-order valence-electron chi connectivity index (χ3n) is 10.3. The van der Waals surface area contributed by atoms with Crippen LogP contribution in [-0.4, -0.2) is 91.1 Å². The summed E-state index contributed by atoms with van der Waals surface area (Å²) in [6.07, 6.45) is 5.10. The topological polar surface area (TPSA) is 195 Å². The fourth-order valence-corrected chi connectivity index (χ4v) is 7.61. The molecule has 4 aromatic rings. The van der Waals surface area contributed by atoms with Crippen LogP contribution in [0.3, 0.4) is 0 Å². The highest BCUT2D eigenvalue weighted by molar-refractivity contribution is 6.02. The number of piperidine rings is 1. The summed E-state index contributed by atoms with van der Waals surface area (Å²) in [6, 6.07) is 8.54. The number of amides is 4. The van der Waals surface area contributed by atoms with Gasteiger partial charge in [0.1, 0.15) is 23.7 Å². The van der Waals surface area contributed by atoms with Crippen molar-refractivity contribution in [1.29, 1.82) is 0 Å². The van der Waals surface area contributed by atoms with Gasteiger partial charge >= 0.3 is 11.8 Å². The molecular weight excluding hydrogens is 734 g/mol. The molecule has 17 nitrogen and oxygen atoms in total. The van der Waals surface area contributed by atoms with E-state index in [-0.39, 0.29) is 48.4 Å². The van der Waals surface area contributed by atoms with Gasteiger partial charge in [0.2, 0.25) is 11.8 Å². The Bertz CT molecular complexity index is 2140. The number of rotatable bonds is 16. The molecule has 1 aromatic carbocycles. The number of imidazole rings is 1. The number of carbonyl (C=O) groups excluding carboxylic acids is 4. The molecule has 1 aliphatic heterocycles. The first-order valence-electron chi connectivity index (χ1n) is 19.8. The number of para-hydroxylation sites is 1. The SMILES string of the molecule is CC(C)NC(=O)OC1CCC(c2cc(NC(=O)c3ccnn3CCOCCOCCCc3cccc4c3n(C)c(=O)n4C3CCC(=O)NC3=O)n(C(C)(C)C)n2)C1. The molecule has 3 unspecified atom stereocenters. The summed E-state index contributed by atoms with van der Waals surface area (Å²) in [5, 5.41) is 17.4. The second kappa shape index (κ2) is 17.9. The largest absolute Gasteiger partial charge is 0.446 e. The first-order chi connectivity index (χ1) is 27.2. The molecule has 3 aromatic heterocycles. The van der Waals surface area contributed by atoms with E-state index in [9.17, 15) is 24.0 Å². The summed E-state index contributed by atoms with van der Waals surface area (Å²) in [5.41, 5.74) is 2.97. The van der Waals surface area contributed by atoms with Gasteiger partial charge in [-0.05, 0) is 90.8 Å². The highest BCUT2D eigenvalue weighted by Crippen LogP contribution is 2.37. The van der Waals surface area contributed by atoms with Gasteiger partial charge in [-0.25, -0.2) is 14.3 Å². The monoisotopic (exact) mass is 789 g/mol. The van der Waals surface area contributed by atoms with Gasteiger partial charge in [0.25, 0.3) is 5.91 Å². The Morgan fingerprint density at radius 1 is 1.02 bits per heavy atom. The molecule has 6 rings (SSSR count). The summed E-state index contributed by atoms with van der Waals surface area (Å²) in [6.45, 7) is 11.8. The lowest BCUT2D eigenvalue weighted by molar-refractivity contribution is -0.135. The molecule has 3 N–H and O–H groups in total. The van der Waals surface area contributed by atoms with E-state index in [2.05, 4.69) is 21.0 Å². The summed E-state index contributed by atoms with van der Waals surface area (Å²) >= 11 is 0. The number of ether oxygens (including phenoxy) is 3. The lowest BCUT2D eigenvalue weighted by atomic mass is 10.0. The summed E-state index contributed by atoms with van der Waals surface area (Å²) in [5.74, 6) is -0.405. The smallest absolute Gasteiger partial charge is 0.407 e. The Hall–Kier alpha value is -5.29. The van der Waals surface area contributed by atoms with E-state index in [0.717, 1.165) is 29.6 Å². The van der Waals surface area contributed by atoms with Crippen molar-refractivity contribution in [3.63, 3.8) is 0 Å². The van der Waals surface area contributed by atoms with Gasteiger partial charge in [-0.15, -0.1) is 0 Å². The van der Waals surface area contributed by atoms with Crippen molar-refractivity contribution in [3.8, 4) is 0 Å². The van der Waals surface area contributed by atoms with E-state index in [1.54, 1.807) is 28.6 Å². The lowest BCUT2D eigenvalue weighted by Crippen LogP contribution is -2.44. The number of anilines is 1. The second-order valence-electron chi connectivity index (χ2n) is 16.1. The number of aromatic nitrogens is 6. The number of alkyl carbamates (subject to hydrolysis) is 1. The van der Waals surface area contributed by atoms with Crippen molar-refractivity contribution < 1.29 is 33.4 Å². The van der Waals surface area contributed by atoms with E-state index in [4.69, 9.17) is 19.3 Å². The van der Waals surface area contributed by atoms with Crippen LogP contribution in [0.5, 0.6) is 0 Å². The molecule has 1 aliphatic carbocycles. The highest BCUT2D eigenvalue weighted by Gasteiger charge is 2.33. The number of aryl methyl sites for hydroxylation is 2. The lowest BCUT2D eigenvalue weighted by Gasteiger charge is -2.22. The van der Waals surface area contributed by atoms with Crippen molar-refractivity contribution in [3.05, 3.63) is 64.0 Å². The zero-order valence-corrected chi connectivity index (χ0v) is 33.7. The van der Waals surface area contributed by atoms with E-state index >= 15 is 0 Å². The molecule has 57 heavy (non-hydrogen) atoms.